The maximum absolute atomic E-state index is 12.9. The first-order chi connectivity index (χ1) is 11.5. The second kappa shape index (κ2) is 8.81. The number of rotatable bonds is 7. The summed E-state index contributed by atoms with van der Waals surface area (Å²) in [5, 5.41) is 8.91. The fourth-order valence-corrected chi connectivity index (χ4v) is 3.24. The molecular formula is C19H28N4O. The lowest BCUT2D eigenvalue weighted by molar-refractivity contribution is 0.0694. The number of likely N-dealkylation sites (N-methyl/N-ethyl adjacent to an activating group) is 2. The number of likely N-dealkylation sites (tertiary alicyclic amines) is 1. The summed E-state index contributed by atoms with van der Waals surface area (Å²) in [6.07, 6.45) is 2.37. The Balaban J connectivity index is 2.11. The molecule has 0 aliphatic carbocycles. The van der Waals surface area contributed by atoms with Crippen LogP contribution in [0.25, 0.3) is 0 Å². The summed E-state index contributed by atoms with van der Waals surface area (Å²) >= 11 is 0. The predicted octanol–water partition coefficient (Wildman–Crippen LogP) is 2.05. The molecule has 2 rings (SSSR count). The Morgan fingerprint density at radius 1 is 1.29 bits per heavy atom. The van der Waals surface area contributed by atoms with Crippen molar-refractivity contribution in [1.82, 2.24) is 14.7 Å². The van der Waals surface area contributed by atoms with Gasteiger partial charge in [0.05, 0.1) is 11.6 Å². The Kier molecular flexibility index (Phi) is 6.77. The van der Waals surface area contributed by atoms with Crippen molar-refractivity contribution in [2.75, 3.05) is 46.8 Å². The molecule has 0 bridgehead atoms. The van der Waals surface area contributed by atoms with Gasteiger partial charge in [0.25, 0.3) is 5.91 Å². The molecule has 1 amide bonds. The Bertz CT molecular complexity index is 576. The zero-order valence-corrected chi connectivity index (χ0v) is 15.0. The highest BCUT2D eigenvalue weighted by Crippen LogP contribution is 2.19. The number of hydrogen-bond acceptors (Lipinski definition) is 4. The van der Waals surface area contributed by atoms with Crippen molar-refractivity contribution < 1.29 is 4.79 Å². The van der Waals surface area contributed by atoms with Crippen molar-refractivity contribution in [3.05, 3.63) is 35.4 Å². The third-order valence-electron chi connectivity index (χ3n) is 4.70. The maximum Gasteiger partial charge on any atom is 0.253 e. The van der Waals surface area contributed by atoms with Gasteiger partial charge >= 0.3 is 0 Å². The molecule has 1 fully saturated rings. The molecule has 1 unspecified atom stereocenters. The molecular weight excluding hydrogens is 300 g/mol. The smallest absolute Gasteiger partial charge is 0.253 e. The second-order valence-electron chi connectivity index (χ2n) is 6.67. The molecule has 1 aliphatic heterocycles. The van der Waals surface area contributed by atoms with E-state index in [2.05, 4.69) is 22.8 Å². The molecule has 0 saturated carbocycles. The fraction of sp³-hybridized carbons (Fsp3) is 0.579. The monoisotopic (exact) mass is 328 g/mol. The molecule has 1 atom stereocenters. The van der Waals surface area contributed by atoms with Gasteiger partial charge in [0.15, 0.2) is 0 Å². The van der Waals surface area contributed by atoms with Gasteiger partial charge in [-0.25, -0.2) is 0 Å². The van der Waals surface area contributed by atoms with E-state index in [0.29, 0.717) is 17.2 Å². The van der Waals surface area contributed by atoms with Crippen LogP contribution in [0.2, 0.25) is 0 Å². The molecule has 1 aromatic carbocycles. The molecule has 5 nitrogen and oxygen atoms in total. The summed E-state index contributed by atoms with van der Waals surface area (Å²) in [7, 11) is 4.05. The molecule has 0 radical (unpaired) electrons. The summed E-state index contributed by atoms with van der Waals surface area (Å²) in [6.45, 7) is 6.71. The summed E-state index contributed by atoms with van der Waals surface area (Å²) < 4.78 is 0. The van der Waals surface area contributed by atoms with E-state index in [1.54, 1.807) is 24.3 Å². The van der Waals surface area contributed by atoms with Gasteiger partial charge in [-0.1, -0.05) is 6.92 Å². The summed E-state index contributed by atoms with van der Waals surface area (Å²) in [5.41, 5.74) is 1.24. The number of nitrogens with zero attached hydrogens (tertiary/aromatic N) is 4. The fourth-order valence-electron chi connectivity index (χ4n) is 3.24. The number of benzene rings is 1. The van der Waals surface area contributed by atoms with Gasteiger partial charge < -0.3 is 9.80 Å². The average Bonchev–Trinajstić information content (AvgIpc) is 3.05. The summed E-state index contributed by atoms with van der Waals surface area (Å²) in [4.78, 5) is 19.5. The standard InChI is InChI=1S/C19H28N4O/c1-4-22-11-5-6-18(22)15-23(13-12-21(2)3)19(24)17-9-7-16(14-20)8-10-17/h7-10,18H,4-6,11-13,15H2,1-3H3. The number of nitriles is 1. The van der Waals surface area contributed by atoms with Crippen molar-refractivity contribution in [2.24, 2.45) is 0 Å². The van der Waals surface area contributed by atoms with Gasteiger partial charge in [-0.3, -0.25) is 9.69 Å². The van der Waals surface area contributed by atoms with E-state index in [-0.39, 0.29) is 5.91 Å². The molecule has 1 aromatic rings. The first kappa shape index (κ1) is 18.4. The highest BCUT2D eigenvalue weighted by atomic mass is 16.2. The molecule has 1 heterocycles. The Morgan fingerprint density at radius 3 is 2.58 bits per heavy atom. The van der Waals surface area contributed by atoms with E-state index >= 15 is 0 Å². The van der Waals surface area contributed by atoms with Gasteiger partial charge in [-0.05, 0) is 64.3 Å². The van der Waals surface area contributed by atoms with Gasteiger partial charge in [-0.2, -0.15) is 5.26 Å². The highest BCUT2D eigenvalue weighted by molar-refractivity contribution is 5.94. The minimum atomic E-state index is 0.0595. The lowest BCUT2D eigenvalue weighted by atomic mass is 10.1. The SMILES string of the molecule is CCN1CCCC1CN(CCN(C)C)C(=O)c1ccc(C#N)cc1. The number of amides is 1. The van der Waals surface area contributed by atoms with Crippen LogP contribution < -0.4 is 0 Å². The topological polar surface area (TPSA) is 50.6 Å². The third kappa shape index (κ3) is 4.80. The molecule has 1 saturated heterocycles. The molecule has 0 N–H and O–H groups in total. The van der Waals surface area contributed by atoms with Crippen LogP contribution in [0.3, 0.4) is 0 Å². The molecule has 0 aromatic heterocycles. The molecule has 5 heteroatoms. The minimum Gasteiger partial charge on any atom is -0.336 e. The number of carbonyl (C=O) groups is 1. The number of carbonyl (C=O) groups excluding carboxylic acids is 1. The third-order valence-corrected chi connectivity index (χ3v) is 4.70. The van der Waals surface area contributed by atoms with Crippen LogP contribution in [0.15, 0.2) is 24.3 Å². The van der Waals surface area contributed by atoms with Crippen LogP contribution in [0.5, 0.6) is 0 Å². The summed E-state index contributed by atoms with van der Waals surface area (Å²) in [6, 6.07) is 9.50. The largest absolute Gasteiger partial charge is 0.336 e. The van der Waals surface area contributed by atoms with E-state index in [0.717, 1.165) is 39.1 Å². The van der Waals surface area contributed by atoms with E-state index in [4.69, 9.17) is 5.26 Å². The maximum atomic E-state index is 12.9. The van der Waals surface area contributed by atoms with Crippen molar-refractivity contribution in [1.29, 1.82) is 5.26 Å². The van der Waals surface area contributed by atoms with Crippen molar-refractivity contribution in [3.8, 4) is 6.07 Å². The van der Waals surface area contributed by atoms with Gasteiger partial charge in [-0.15, -0.1) is 0 Å². The van der Waals surface area contributed by atoms with Crippen molar-refractivity contribution in [3.63, 3.8) is 0 Å². The zero-order valence-electron chi connectivity index (χ0n) is 15.0. The lowest BCUT2D eigenvalue weighted by Crippen LogP contribution is -2.45. The van der Waals surface area contributed by atoms with Crippen LogP contribution in [-0.2, 0) is 0 Å². The highest BCUT2D eigenvalue weighted by Gasteiger charge is 2.27. The van der Waals surface area contributed by atoms with Crippen molar-refractivity contribution >= 4 is 5.91 Å². The van der Waals surface area contributed by atoms with Crippen LogP contribution in [0, 0.1) is 11.3 Å². The Morgan fingerprint density at radius 2 is 2.00 bits per heavy atom. The van der Waals surface area contributed by atoms with Crippen LogP contribution >= 0.6 is 0 Å². The normalized spacial score (nSPS) is 17.9. The van der Waals surface area contributed by atoms with Crippen LogP contribution in [-0.4, -0.2) is 73.5 Å². The molecule has 24 heavy (non-hydrogen) atoms. The first-order valence-corrected chi connectivity index (χ1v) is 8.73. The molecule has 1 aliphatic rings. The predicted molar refractivity (Wildman–Crippen MR) is 95.9 cm³/mol. The Labute approximate surface area is 145 Å². The molecule has 0 spiro atoms. The van der Waals surface area contributed by atoms with Crippen molar-refractivity contribution in [2.45, 2.75) is 25.8 Å². The Hall–Kier alpha value is -1.90. The van der Waals surface area contributed by atoms with E-state index < -0.39 is 0 Å². The lowest BCUT2D eigenvalue weighted by Gasteiger charge is -2.31. The van der Waals surface area contributed by atoms with E-state index in [1.165, 1.54) is 6.42 Å². The van der Waals surface area contributed by atoms with Gasteiger partial charge in [0.1, 0.15) is 0 Å². The minimum absolute atomic E-state index is 0.0595. The first-order valence-electron chi connectivity index (χ1n) is 8.73. The van der Waals surface area contributed by atoms with Crippen LogP contribution in [0.1, 0.15) is 35.7 Å². The second-order valence-corrected chi connectivity index (χ2v) is 6.67. The van der Waals surface area contributed by atoms with E-state index in [9.17, 15) is 4.79 Å². The van der Waals surface area contributed by atoms with Gasteiger partial charge in [0.2, 0.25) is 0 Å². The van der Waals surface area contributed by atoms with Gasteiger partial charge in [0, 0.05) is 31.2 Å². The zero-order chi connectivity index (χ0) is 17.5. The number of hydrogen-bond donors (Lipinski definition) is 0. The quantitative estimate of drug-likeness (QED) is 0.769. The van der Waals surface area contributed by atoms with E-state index in [1.807, 2.05) is 19.0 Å². The van der Waals surface area contributed by atoms with Crippen LogP contribution in [0.4, 0.5) is 0 Å². The summed E-state index contributed by atoms with van der Waals surface area (Å²) in [5.74, 6) is 0.0595. The molecule has 130 valence electrons. The average molecular weight is 328 g/mol.